The molecule has 0 spiro atoms. The van der Waals surface area contributed by atoms with Crippen molar-refractivity contribution in [2.75, 3.05) is 26.7 Å². The van der Waals surface area contributed by atoms with Crippen molar-refractivity contribution in [3.05, 3.63) is 47.3 Å². The molecule has 1 unspecified atom stereocenters. The van der Waals surface area contributed by atoms with Crippen LogP contribution in [-0.2, 0) is 13.6 Å². The zero-order chi connectivity index (χ0) is 15.5. The molecule has 1 atom stereocenters. The topological polar surface area (TPSA) is 42.3 Å². The van der Waals surface area contributed by atoms with Gasteiger partial charge in [0.05, 0.1) is 18.8 Å². The number of piperazine rings is 1. The number of para-hydroxylation sites is 1. The highest BCUT2D eigenvalue weighted by Gasteiger charge is 2.26. The van der Waals surface area contributed by atoms with Crippen LogP contribution in [0.4, 0.5) is 0 Å². The molecule has 2 aromatic rings. The molecule has 1 N–H and O–H groups in total. The first-order chi connectivity index (χ1) is 10.7. The van der Waals surface area contributed by atoms with E-state index >= 15 is 0 Å². The highest BCUT2D eigenvalue weighted by atomic mass is 16.5. The minimum Gasteiger partial charge on any atom is -0.496 e. The van der Waals surface area contributed by atoms with Crippen LogP contribution in [0.5, 0.6) is 5.75 Å². The van der Waals surface area contributed by atoms with Gasteiger partial charge in [0.15, 0.2) is 0 Å². The van der Waals surface area contributed by atoms with Gasteiger partial charge in [0.1, 0.15) is 5.75 Å². The molecule has 0 amide bonds. The van der Waals surface area contributed by atoms with Crippen LogP contribution >= 0.6 is 0 Å². The number of nitrogens with zero attached hydrogens (tertiary/aromatic N) is 3. The summed E-state index contributed by atoms with van der Waals surface area (Å²) in [6, 6.07) is 8.63. The molecule has 3 rings (SSSR count). The van der Waals surface area contributed by atoms with E-state index in [9.17, 15) is 0 Å². The van der Waals surface area contributed by atoms with E-state index in [1.54, 1.807) is 7.11 Å². The number of benzene rings is 1. The number of nitrogens with one attached hydrogen (secondary N) is 1. The lowest BCUT2D eigenvalue weighted by atomic mass is 10.0. The summed E-state index contributed by atoms with van der Waals surface area (Å²) >= 11 is 0. The lowest BCUT2D eigenvalue weighted by molar-refractivity contribution is 0.150. The summed E-state index contributed by atoms with van der Waals surface area (Å²) < 4.78 is 7.45. The Morgan fingerprint density at radius 3 is 2.91 bits per heavy atom. The lowest BCUT2D eigenvalue weighted by Gasteiger charge is -2.37. The molecular formula is C17H24N4O. The molecule has 0 radical (unpaired) electrons. The maximum absolute atomic E-state index is 5.55. The van der Waals surface area contributed by atoms with Crippen molar-refractivity contribution in [1.82, 2.24) is 20.0 Å². The average Bonchev–Trinajstić information content (AvgIpc) is 2.85. The van der Waals surface area contributed by atoms with Gasteiger partial charge in [-0.3, -0.25) is 9.58 Å². The molecule has 1 fully saturated rings. The van der Waals surface area contributed by atoms with Crippen molar-refractivity contribution in [3.63, 3.8) is 0 Å². The first-order valence-electron chi connectivity index (χ1n) is 7.76. The van der Waals surface area contributed by atoms with Crippen LogP contribution in [-0.4, -0.2) is 41.4 Å². The SMILES string of the molecule is COc1ccccc1C1CNCCN1Cc1cn(C)nc1C. The fraction of sp³-hybridized carbons (Fsp3) is 0.471. The van der Waals surface area contributed by atoms with E-state index in [0.29, 0.717) is 6.04 Å². The normalized spacial score (nSPS) is 19.3. The zero-order valence-electron chi connectivity index (χ0n) is 13.5. The molecule has 1 aliphatic heterocycles. The van der Waals surface area contributed by atoms with Gasteiger partial charge in [0, 0.05) is 50.6 Å². The Balaban J connectivity index is 1.86. The summed E-state index contributed by atoms with van der Waals surface area (Å²) in [5, 5.41) is 7.96. The number of ether oxygens (including phenoxy) is 1. The van der Waals surface area contributed by atoms with Crippen LogP contribution in [0, 0.1) is 6.92 Å². The number of hydrogen-bond acceptors (Lipinski definition) is 4. The molecule has 1 aromatic heterocycles. The fourth-order valence-electron chi connectivity index (χ4n) is 3.21. The molecule has 0 saturated carbocycles. The second-order valence-electron chi connectivity index (χ2n) is 5.85. The summed E-state index contributed by atoms with van der Waals surface area (Å²) in [5.41, 5.74) is 3.66. The second kappa shape index (κ2) is 6.50. The smallest absolute Gasteiger partial charge is 0.123 e. The number of hydrogen-bond donors (Lipinski definition) is 1. The van der Waals surface area contributed by atoms with E-state index in [1.807, 2.05) is 23.9 Å². The number of rotatable bonds is 4. The third kappa shape index (κ3) is 3.00. The third-order valence-electron chi connectivity index (χ3n) is 4.34. The van der Waals surface area contributed by atoms with Crippen LogP contribution in [0.25, 0.3) is 0 Å². The maximum Gasteiger partial charge on any atom is 0.123 e. The fourth-order valence-corrected chi connectivity index (χ4v) is 3.21. The second-order valence-corrected chi connectivity index (χ2v) is 5.85. The number of aromatic nitrogens is 2. The summed E-state index contributed by atoms with van der Waals surface area (Å²) in [6.45, 7) is 5.99. The monoisotopic (exact) mass is 300 g/mol. The molecule has 0 bridgehead atoms. The molecular weight excluding hydrogens is 276 g/mol. The van der Waals surface area contributed by atoms with Gasteiger partial charge in [0.2, 0.25) is 0 Å². The molecule has 5 nitrogen and oxygen atoms in total. The van der Waals surface area contributed by atoms with E-state index in [1.165, 1.54) is 11.1 Å². The zero-order valence-corrected chi connectivity index (χ0v) is 13.5. The Kier molecular flexibility index (Phi) is 4.45. The van der Waals surface area contributed by atoms with Crippen LogP contribution < -0.4 is 10.1 Å². The van der Waals surface area contributed by atoms with E-state index < -0.39 is 0 Å². The van der Waals surface area contributed by atoms with Crippen molar-refractivity contribution < 1.29 is 4.74 Å². The van der Waals surface area contributed by atoms with Gasteiger partial charge in [-0.15, -0.1) is 0 Å². The Morgan fingerprint density at radius 1 is 1.36 bits per heavy atom. The summed E-state index contributed by atoms with van der Waals surface area (Å²) in [6.07, 6.45) is 2.12. The van der Waals surface area contributed by atoms with Crippen LogP contribution in [0.2, 0.25) is 0 Å². The Labute approximate surface area is 131 Å². The van der Waals surface area contributed by atoms with Crippen molar-refractivity contribution in [2.45, 2.75) is 19.5 Å². The van der Waals surface area contributed by atoms with Crippen molar-refractivity contribution in [2.24, 2.45) is 7.05 Å². The predicted octanol–water partition coefficient (Wildman–Crippen LogP) is 1.88. The first-order valence-corrected chi connectivity index (χ1v) is 7.76. The van der Waals surface area contributed by atoms with Gasteiger partial charge in [-0.2, -0.15) is 5.10 Å². The van der Waals surface area contributed by atoms with Crippen LogP contribution in [0.1, 0.15) is 22.9 Å². The van der Waals surface area contributed by atoms with E-state index in [0.717, 1.165) is 37.6 Å². The largest absolute Gasteiger partial charge is 0.496 e. The summed E-state index contributed by atoms with van der Waals surface area (Å²) in [4.78, 5) is 2.51. The molecule has 2 heterocycles. The van der Waals surface area contributed by atoms with Gasteiger partial charge in [0.25, 0.3) is 0 Å². The third-order valence-corrected chi connectivity index (χ3v) is 4.34. The Morgan fingerprint density at radius 2 is 2.18 bits per heavy atom. The molecule has 5 heteroatoms. The molecule has 118 valence electrons. The quantitative estimate of drug-likeness (QED) is 0.936. The molecule has 22 heavy (non-hydrogen) atoms. The average molecular weight is 300 g/mol. The first kappa shape index (κ1) is 15.1. The summed E-state index contributed by atoms with van der Waals surface area (Å²) in [5.74, 6) is 0.962. The minimum atomic E-state index is 0.324. The van der Waals surface area contributed by atoms with E-state index in [-0.39, 0.29) is 0 Å². The molecule has 0 aliphatic carbocycles. The number of aryl methyl sites for hydroxylation is 2. The summed E-state index contributed by atoms with van der Waals surface area (Å²) in [7, 11) is 3.72. The predicted molar refractivity (Wildman–Crippen MR) is 87.0 cm³/mol. The highest BCUT2D eigenvalue weighted by molar-refractivity contribution is 5.36. The van der Waals surface area contributed by atoms with Gasteiger partial charge in [-0.25, -0.2) is 0 Å². The van der Waals surface area contributed by atoms with E-state index in [4.69, 9.17) is 4.74 Å². The lowest BCUT2D eigenvalue weighted by Crippen LogP contribution is -2.45. The van der Waals surface area contributed by atoms with Crippen molar-refractivity contribution >= 4 is 0 Å². The van der Waals surface area contributed by atoms with Gasteiger partial charge in [-0.1, -0.05) is 18.2 Å². The molecule has 1 aliphatic rings. The molecule has 1 saturated heterocycles. The van der Waals surface area contributed by atoms with Gasteiger partial charge >= 0.3 is 0 Å². The van der Waals surface area contributed by atoms with Crippen molar-refractivity contribution in [1.29, 1.82) is 0 Å². The minimum absolute atomic E-state index is 0.324. The maximum atomic E-state index is 5.55. The standard InChI is InChI=1S/C17H24N4O/c1-13-14(11-20(2)19-13)12-21-9-8-18-10-16(21)15-6-4-5-7-17(15)22-3/h4-7,11,16,18H,8-10,12H2,1-3H3. The highest BCUT2D eigenvalue weighted by Crippen LogP contribution is 2.31. The van der Waals surface area contributed by atoms with Crippen LogP contribution in [0.3, 0.4) is 0 Å². The molecule has 1 aromatic carbocycles. The van der Waals surface area contributed by atoms with Gasteiger partial charge in [-0.05, 0) is 13.0 Å². The van der Waals surface area contributed by atoms with Crippen molar-refractivity contribution in [3.8, 4) is 5.75 Å². The Hall–Kier alpha value is -1.85. The van der Waals surface area contributed by atoms with Gasteiger partial charge < -0.3 is 10.1 Å². The van der Waals surface area contributed by atoms with E-state index in [2.05, 4.69) is 40.6 Å². The van der Waals surface area contributed by atoms with Crippen LogP contribution in [0.15, 0.2) is 30.5 Å². The number of methoxy groups -OCH3 is 1. The Bertz CT molecular complexity index is 637.